The van der Waals surface area contributed by atoms with Gasteiger partial charge in [-0.3, -0.25) is 4.79 Å². The van der Waals surface area contributed by atoms with E-state index >= 15 is 0 Å². The van der Waals surface area contributed by atoms with Crippen molar-refractivity contribution < 1.29 is 62.0 Å². The van der Waals surface area contributed by atoms with E-state index in [1.54, 1.807) is 0 Å². The monoisotopic (exact) mass is 491 g/mol. The standard InChI is InChI=1S/C18H33N3O7.Y/c19-15(23)7-5-3-1-2-4-6-8-16(24)20-9-10-27-18-17(25)14(21-26)11-13(12-22)28-18;/h13-14,17-18,22,25H,1-12H2,(H3,19,20,23,24);/p-1. The second kappa shape index (κ2) is 17.2. The molecule has 11 heteroatoms. The maximum absolute atomic E-state index is 11.8. The Labute approximate surface area is 196 Å². The third-order valence-corrected chi connectivity index (χ3v) is 4.61. The molecule has 1 radical (unpaired) electrons. The fraction of sp³-hybridized carbons (Fsp3) is 0.889. The second-order valence-electron chi connectivity index (χ2n) is 6.97. The van der Waals surface area contributed by atoms with E-state index in [0.29, 0.717) is 12.8 Å². The Morgan fingerprint density at radius 3 is 2.34 bits per heavy atom. The fourth-order valence-electron chi connectivity index (χ4n) is 3.01. The molecule has 0 aromatic rings. The number of nitrogens with one attached hydrogen (secondary N) is 2. The Morgan fingerprint density at radius 1 is 1.14 bits per heavy atom. The number of hydrogen-bond acceptors (Lipinski definition) is 8. The number of nitrogens with zero attached hydrogens (tertiary/aromatic N) is 1. The van der Waals surface area contributed by atoms with Gasteiger partial charge in [0.1, 0.15) is 12.1 Å². The summed E-state index contributed by atoms with van der Waals surface area (Å²) < 4.78 is 10.7. The van der Waals surface area contributed by atoms with Crippen LogP contribution in [0.15, 0.2) is 5.18 Å². The van der Waals surface area contributed by atoms with Crippen molar-refractivity contribution in [3.05, 3.63) is 10.6 Å². The van der Waals surface area contributed by atoms with Crippen molar-refractivity contribution in [2.24, 2.45) is 5.18 Å². The molecule has 1 fully saturated rings. The van der Waals surface area contributed by atoms with E-state index in [4.69, 9.17) is 20.3 Å². The van der Waals surface area contributed by atoms with Crippen LogP contribution in [0.25, 0.3) is 5.73 Å². The van der Waals surface area contributed by atoms with Crippen molar-refractivity contribution in [1.82, 2.24) is 5.32 Å². The van der Waals surface area contributed by atoms with Gasteiger partial charge in [-0.2, -0.15) is 4.91 Å². The van der Waals surface area contributed by atoms with E-state index in [9.17, 15) is 19.6 Å². The Kier molecular flexibility index (Phi) is 16.9. The SMILES string of the molecule is [NH-]C(=O)CCCCCCCCC(=O)NCCOC1OC(CO)CC(N=O)C1O.[Y]. The summed E-state index contributed by atoms with van der Waals surface area (Å²) >= 11 is 0. The third kappa shape index (κ3) is 12.7. The topological polar surface area (TPSA) is 158 Å². The zero-order valence-electron chi connectivity index (χ0n) is 16.8. The zero-order valence-corrected chi connectivity index (χ0v) is 19.6. The van der Waals surface area contributed by atoms with Crippen LogP contribution in [-0.2, 0) is 51.8 Å². The maximum atomic E-state index is 11.8. The van der Waals surface area contributed by atoms with Crippen molar-refractivity contribution >= 4 is 11.8 Å². The first-order valence-electron chi connectivity index (χ1n) is 9.87. The summed E-state index contributed by atoms with van der Waals surface area (Å²) in [6, 6.07) is -0.891. The van der Waals surface area contributed by atoms with Gasteiger partial charge >= 0.3 is 0 Å². The summed E-state index contributed by atoms with van der Waals surface area (Å²) in [6.45, 7) is 0.0547. The number of unbranched alkanes of at least 4 members (excludes halogenated alkanes) is 5. The molecule has 4 unspecified atom stereocenters. The summed E-state index contributed by atoms with van der Waals surface area (Å²) in [5, 5.41) is 24.7. The predicted molar refractivity (Wildman–Crippen MR) is 101 cm³/mol. The molecule has 10 nitrogen and oxygen atoms in total. The van der Waals surface area contributed by atoms with Crippen LogP contribution >= 0.6 is 0 Å². The molecule has 2 amide bonds. The summed E-state index contributed by atoms with van der Waals surface area (Å²) in [4.78, 5) is 33.0. The first-order chi connectivity index (χ1) is 13.5. The molecule has 1 saturated heterocycles. The molecule has 0 saturated carbocycles. The number of aliphatic hydroxyl groups excluding tert-OH is 2. The van der Waals surface area contributed by atoms with Crippen LogP contribution in [0.3, 0.4) is 0 Å². The molecule has 1 aliphatic heterocycles. The van der Waals surface area contributed by atoms with E-state index < -0.39 is 30.4 Å². The molecule has 1 rings (SSSR count). The molecule has 165 valence electrons. The molecule has 0 aromatic heterocycles. The van der Waals surface area contributed by atoms with Gasteiger partial charge in [-0.1, -0.05) is 30.9 Å². The van der Waals surface area contributed by atoms with E-state index in [2.05, 4.69) is 10.5 Å². The van der Waals surface area contributed by atoms with Crippen molar-refractivity contribution in [3.8, 4) is 0 Å². The number of carbonyl (C=O) groups excluding carboxylic acids is 2. The van der Waals surface area contributed by atoms with E-state index in [0.717, 1.165) is 38.5 Å². The molecule has 0 aliphatic carbocycles. The van der Waals surface area contributed by atoms with Gasteiger partial charge in [-0.25, -0.2) is 0 Å². The van der Waals surface area contributed by atoms with Crippen LogP contribution in [0.2, 0.25) is 0 Å². The smallest absolute Gasteiger partial charge is 0.220 e. The van der Waals surface area contributed by atoms with Crippen LogP contribution < -0.4 is 5.32 Å². The summed E-state index contributed by atoms with van der Waals surface area (Å²) in [6.07, 6.45) is 3.39. The minimum atomic E-state index is -1.20. The van der Waals surface area contributed by atoms with Crippen LogP contribution in [0.5, 0.6) is 0 Å². The third-order valence-electron chi connectivity index (χ3n) is 4.61. The van der Waals surface area contributed by atoms with Gasteiger partial charge in [0.15, 0.2) is 6.29 Å². The van der Waals surface area contributed by atoms with E-state index in [1.165, 1.54) is 0 Å². The second-order valence-corrected chi connectivity index (χ2v) is 6.97. The minimum Gasteiger partial charge on any atom is -0.668 e. The first-order valence-corrected chi connectivity index (χ1v) is 9.87. The molecule has 0 spiro atoms. The predicted octanol–water partition coefficient (Wildman–Crippen LogP) is 1.42. The fourth-order valence-corrected chi connectivity index (χ4v) is 3.01. The largest absolute Gasteiger partial charge is 0.668 e. The van der Waals surface area contributed by atoms with E-state index in [1.807, 2.05) is 0 Å². The van der Waals surface area contributed by atoms with Gasteiger partial charge in [0.05, 0.1) is 19.3 Å². The molecule has 4 N–H and O–H groups in total. The average molecular weight is 491 g/mol. The number of amides is 2. The van der Waals surface area contributed by atoms with Crippen LogP contribution in [-0.4, -0.2) is 66.3 Å². The van der Waals surface area contributed by atoms with Crippen LogP contribution in [0.1, 0.15) is 57.8 Å². The number of aliphatic hydroxyl groups is 2. The molecule has 1 aliphatic rings. The molecular formula is C18H32N3O7Y-. The Hall–Kier alpha value is -0.516. The number of carbonyl (C=O) groups is 2. The molecule has 0 aromatic carbocycles. The average Bonchev–Trinajstić information content (AvgIpc) is 2.68. The van der Waals surface area contributed by atoms with Gasteiger partial charge in [0.2, 0.25) is 5.91 Å². The van der Waals surface area contributed by atoms with Crippen molar-refractivity contribution in [2.45, 2.75) is 82.3 Å². The van der Waals surface area contributed by atoms with Gasteiger partial charge < -0.3 is 35.5 Å². The quantitative estimate of drug-likeness (QED) is 0.231. The maximum Gasteiger partial charge on any atom is 0.220 e. The van der Waals surface area contributed by atoms with E-state index in [-0.39, 0.29) is 64.8 Å². The number of nitroso groups, excluding NO2 is 1. The van der Waals surface area contributed by atoms with Crippen LogP contribution in [0, 0.1) is 4.91 Å². The Morgan fingerprint density at radius 2 is 1.76 bits per heavy atom. The molecule has 1 heterocycles. The number of ether oxygens (including phenoxy) is 2. The van der Waals surface area contributed by atoms with Gasteiger partial charge in [0, 0.05) is 58.0 Å². The minimum absolute atomic E-state index is 0. The Bertz CT molecular complexity index is 484. The number of hydrogen-bond donors (Lipinski definition) is 3. The van der Waals surface area contributed by atoms with Gasteiger partial charge in [0.25, 0.3) is 0 Å². The van der Waals surface area contributed by atoms with Crippen molar-refractivity contribution in [2.75, 3.05) is 19.8 Å². The summed E-state index contributed by atoms with van der Waals surface area (Å²) in [7, 11) is 0. The molecular weight excluding hydrogens is 459 g/mol. The Balaban J connectivity index is 0.00000784. The van der Waals surface area contributed by atoms with Crippen LogP contribution in [0.4, 0.5) is 0 Å². The van der Waals surface area contributed by atoms with Gasteiger partial charge in [-0.15, -0.1) is 0 Å². The van der Waals surface area contributed by atoms with Crippen molar-refractivity contribution in [3.63, 3.8) is 0 Å². The van der Waals surface area contributed by atoms with Crippen molar-refractivity contribution in [1.29, 1.82) is 0 Å². The molecule has 29 heavy (non-hydrogen) atoms. The molecule has 0 bridgehead atoms. The normalized spacial score (nSPS) is 23.8. The number of rotatable bonds is 15. The zero-order chi connectivity index (χ0) is 20.8. The molecule has 4 atom stereocenters. The van der Waals surface area contributed by atoms with Gasteiger partial charge in [-0.05, 0) is 19.3 Å². The summed E-state index contributed by atoms with van der Waals surface area (Å²) in [5.74, 6) is -0.604. The summed E-state index contributed by atoms with van der Waals surface area (Å²) in [5.41, 5.74) is 6.81. The first kappa shape index (κ1) is 28.5.